The third kappa shape index (κ3) is 5.44. The smallest absolute Gasteiger partial charge is 0.227 e. The zero-order chi connectivity index (χ0) is 16.7. The molecule has 0 aliphatic rings. The molecule has 0 spiro atoms. The second kappa shape index (κ2) is 8.79. The highest BCUT2D eigenvalue weighted by Crippen LogP contribution is 2.18. The Labute approximate surface area is 144 Å². The van der Waals surface area contributed by atoms with E-state index in [1.54, 1.807) is 17.0 Å². The van der Waals surface area contributed by atoms with Crippen LogP contribution >= 0.6 is 15.9 Å². The van der Waals surface area contributed by atoms with Crippen molar-refractivity contribution >= 4 is 21.8 Å². The molecule has 0 aromatic heterocycles. The summed E-state index contributed by atoms with van der Waals surface area (Å²) in [5, 5.41) is 0. The van der Waals surface area contributed by atoms with Gasteiger partial charge in [0.1, 0.15) is 5.82 Å². The molecule has 0 atom stereocenters. The number of hydrogen-bond acceptors (Lipinski definition) is 2. The Bertz CT molecular complexity index is 649. The normalized spacial score (nSPS) is 10.6. The van der Waals surface area contributed by atoms with Crippen LogP contribution in [0.3, 0.4) is 0 Å². The predicted octanol–water partition coefficient (Wildman–Crippen LogP) is 3.51. The Hall–Kier alpha value is -1.72. The Kier molecular flexibility index (Phi) is 6.74. The molecular weight excluding hydrogens is 359 g/mol. The highest BCUT2D eigenvalue weighted by atomic mass is 79.9. The van der Waals surface area contributed by atoms with E-state index >= 15 is 0 Å². The number of hydrogen-bond donors (Lipinski definition) is 1. The third-order valence-corrected chi connectivity index (χ3v) is 4.15. The molecule has 5 heteroatoms. The van der Waals surface area contributed by atoms with Gasteiger partial charge >= 0.3 is 0 Å². The molecule has 3 nitrogen and oxygen atoms in total. The van der Waals surface area contributed by atoms with E-state index in [0.717, 1.165) is 17.5 Å². The highest BCUT2D eigenvalue weighted by Gasteiger charge is 2.15. The quantitative estimate of drug-likeness (QED) is 0.801. The van der Waals surface area contributed by atoms with Crippen molar-refractivity contribution in [2.45, 2.75) is 19.4 Å². The highest BCUT2D eigenvalue weighted by molar-refractivity contribution is 9.10. The van der Waals surface area contributed by atoms with Crippen LogP contribution in [0.15, 0.2) is 53.0 Å². The molecule has 0 bridgehead atoms. The molecule has 0 saturated heterocycles. The Morgan fingerprint density at radius 3 is 2.52 bits per heavy atom. The second-order valence-electron chi connectivity index (χ2n) is 5.37. The lowest BCUT2D eigenvalue weighted by Gasteiger charge is -2.23. The Balaban J connectivity index is 2.07. The summed E-state index contributed by atoms with van der Waals surface area (Å²) in [5.41, 5.74) is 7.44. The summed E-state index contributed by atoms with van der Waals surface area (Å²) in [6.45, 7) is 1.72. The van der Waals surface area contributed by atoms with E-state index in [1.807, 2.05) is 30.3 Å². The van der Waals surface area contributed by atoms with Gasteiger partial charge in [-0.1, -0.05) is 36.4 Å². The average Bonchev–Trinajstić information content (AvgIpc) is 2.55. The zero-order valence-electron chi connectivity index (χ0n) is 12.8. The molecular formula is C18H20BrFN2O. The first kappa shape index (κ1) is 17.6. The lowest BCUT2D eigenvalue weighted by Crippen LogP contribution is -2.33. The largest absolute Gasteiger partial charge is 0.338 e. The van der Waals surface area contributed by atoms with Crippen molar-refractivity contribution in [3.8, 4) is 0 Å². The van der Waals surface area contributed by atoms with Crippen LogP contribution in [0, 0.1) is 5.82 Å². The van der Waals surface area contributed by atoms with Crippen LogP contribution < -0.4 is 5.73 Å². The number of nitrogens with two attached hydrogens (primary N) is 1. The van der Waals surface area contributed by atoms with Crippen LogP contribution in [0.5, 0.6) is 0 Å². The van der Waals surface area contributed by atoms with Gasteiger partial charge in [0, 0.05) is 13.1 Å². The minimum Gasteiger partial charge on any atom is -0.338 e. The van der Waals surface area contributed by atoms with E-state index < -0.39 is 0 Å². The molecule has 0 aliphatic carbocycles. The summed E-state index contributed by atoms with van der Waals surface area (Å²) in [4.78, 5) is 14.4. The summed E-state index contributed by atoms with van der Waals surface area (Å²) in [6.07, 6.45) is 1.00. The average molecular weight is 379 g/mol. The molecule has 2 rings (SSSR count). The minimum absolute atomic E-state index is 0.0146. The van der Waals surface area contributed by atoms with Crippen molar-refractivity contribution in [2.24, 2.45) is 5.73 Å². The summed E-state index contributed by atoms with van der Waals surface area (Å²) in [5.74, 6) is -0.314. The van der Waals surface area contributed by atoms with Gasteiger partial charge in [0.05, 0.1) is 10.9 Å². The maximum Gasteiger partial charge on any atom is 0.227 e. The van der Waals surface area contributed by atoms with E-state index in [9.17, 15) is 9.18 Å². The fraction of sp³-hybridized carbons (Fsp3) is 0.278. The number of halogens is 2. The van der Waals surface area contributed by atoms with Gasteiger partial charge in [0.2, 0.25) is 5.91 Å². The number of carbonyl (C=O) groups is 1. The van der Waals surface area contributed by atoms with Gasteiger partial charge in [-0.25, -0.2) is 4.39 Å². The van der Waals surface area contributed by atoms with Crippen molar-refractivity contribution in [3.63, 3.8) is 0 Å². The fourth-order valence-electron chi connectivity index (χ4n) is 2.31. The van der Waals surface area contributed by atoms with Gasteiger partial charge in [-0.05, 0) is 52.2 Å². The molecule has 0 heterocycles. The Morgan fingerprint density at radius 1 is 1.13 bits per heavy atom. The van der Waals surface area contributed by atoms with Gasteiger partial charge in [-0.2, -0.15) is 0 Å². The third-order valence-electron chi connectivity index (χ3n) is 3.54. The van der Waals surface area contributed by atoms with Crippen LogP contribution in [0.1, 0.15) is 17.5 Å². The molecule has 0 radical (unpaired) electrons. The van der Waals surface area contributed by atoms with Gasteiger partial charge in [0.25, 0.3) is 0 Å². The van der Waals surface area contributed by atoms with E-state index in [-0.39, 0.29) is 18.1 Å². The van der Waals surface area contributed by atoms with Gasteiger partial charge in [-0.15, -0.1) is 0 Å². The summed E-state index contributed by atoms with van der Waals surface area (Å²) in [7, 11) is 0. The van der Waals surface area contributed by atoms with Gasteiger partial charge in [0.15, 0.2) is 0 Å². The number of nitrogens with zero attached hydrogens (tertiary/aromatic N) is 1. The zero-order valence-corrected chi connectivity index (χ0v) is 14.4. The first-order chi connectivity index (χ1) is 11.1. The van der Waals surface area contributed by atoms with Crippen LogP contribution in [0.25, 0.3) is 0 Å². The first-order valence-electron chi connectivity index (χ1n) is 7.56. The lowest BCUT2D eigenvalue weighted by molar-refractivity contribution is -0.131. The number of benzene rings is 2. The van der Waals surface area contributed by atoms with Gasteiger partial charge < -0.3 is 10.6 Å². The van der Waals surface area contributed by atoms with Crippen molar-refractivity contribution in [1.82, 2.24) is 4.90 Å². The Morgan fingerprint density at radius 2 is 1.87 bits per heavy atom. The summed E-state index contributed by atoms with van der Waals surface area (Å²) in [6, 6.07) is 14.5. The molecule has 2 N–H and O–H groups in total. The molecule has 2 aromatic rings. The summed E-state index contributed by atoms with van der Waals surface area (Å²) < 4.78 is 13.7. The van der Waals surface area contributed by atoms with Crippen molar-refractivity contribution in [2.75, 3.05) is 13.1 Å². The van der Waals surface area contributed by atoms with Crippen molar-refractivity contribution in [1.29, 1.82) is 0 Å². The second-order valence-corrected chi connectivity index (χ2v) is 6.22. The molecule has 122 valence electrons. The molecule has 0 fully saturated rings. The van der Waals surface area contributed by atoms with Gasteiger partial charge in [-0.3, -0.25) is 4.79 Å². The predicted molar refractivity (Wildman–Crippen MR) is 93.3 cm³/mol. The van der Waals surface area contributed by atoms with E-state index in [0.29, 0.717) is 24.1 Å². The van der Waals surface area contributed by atoms with E-state index in [4.69, 9.17) is 5.73 Å². The number of carbonyl (C=O) groups excluding carboxylic acids is 1. The standard InChI is InChI=1S/C18H20BrFN2O/c19-16-11-15(7-8-17(16)20)12-18(23)22(10-4-9-21)13-14-5-2-1-3-6-14/h1-3,5-8,11H,4,9-10,12-13,21H2. The van der Waals surface area contributed by atoms with Crippen LogP contribution in [-0.2, 0) is 17.8 Å². The number of rotatable bonds is 7. The minimum atomic E-state index is -0.328. The fourth-order valence-corrected chi connectivity index (χ4v) is 2.74. The maximum absolute atomic E-state index is 13.3. The molecule has 1 amide bonds. The van der Waals surface area contributed by atoms with Crippen molar-refractivity contribution < 1.29 is 9.18 Å². The van der Waals surface area contributed by atoms with Crippen LogP contribution in [-0.4, -0.2) is 23.9 Å². The molecule has 0 aliphatic heterocycles. The lowest BCUT2D eigenvalue weighted by atomic mass is 10.1. The molecule has 23 heavy (non-hydrogen) atoms. The van der Waals surface area contributed by atoms with Crippen LogP contribution in [0.4, 0.5) is 4.39 Å². The van der Waals surface area contributed by atoms with Crippen molar-refractivity contribution in [3.05, 3.63) is 69.9 Å². The topological polar surface area (TPSA) is 46.3 Å². The molecule has 0 saturated carbocycles. The van der Waals surface area contributed by atoms with Crippen LogP contribution in [0.2, 0.25) is 0 Å². The van der Waals surface area contributed by atoms with E-state index in [2.05, 4.69) is 15.9 Å². The van der Waals surface area contributed by atoms with E-state index in [1.165, 1.54) is 6.07 Å². The molecule has 0 unspecified atom stereocenters. The SMILES string of the molecule is NCCCN(Cc1ccccc1)C(=O)Cc1ccc(F)c(Br)c1. The maximum atomic E-state index is 13.3. The monoisotopic (exact) mass is 378 g/mol. The number of amides is 1. The molecule has 2 aromatic carbocycles. The first-order valence-corrected chi connectivity index (χ1v) is 8.35. The summed E-state index contributed by atoms with van der Waals surface area (Å²) >= 11 is 3.15.